The number of primary sulfonamides is 1. The molecular formula is C10H15BrN2O3S. The van der Waals surface area contributed by atoms with Crippen molar-refractivity contribution in [2.45, 2.75) is 13.0 Å². The first-order valence-electron chi connectivity index (χ1n) is 5.07. The van der Waals surface area contributed by atoms with Crippen LogP contribution in [0.5, 0.6) is 5.75 Å². The van der Waals surface area contributed by atoms with Gasteiger partial charge in [0.05, 0.1) is 5.75 Å². The second-order valence-electron chi connectivity index (χ2n) is 3.67. The van der Waals surface area contributed by atoms with Gasteiger partial charge in [-0.3, -0.25) is 0 Å². The van der Waals surface area contributed by atoms with Crippen molar-refractivity contribution in [1.82, 2.24) is 5.32 Å². The van der Waals surface area contributed by atoms with E-state index in [9.17, 15) is 13.5 Å². The summed E-state index contributed by atoms with van der Waals surface area (Å²) in [6, 6.07) is 5.16. The molecule has 0 spiro atoms. The van der Waals surface area contributed by atoms with Crippen molar-refractivity contribution in [1.29, 1.82) is 0 Å². The lowest BCUT2D eigenvalue weighted by Gasteiger charge is -2.07. The molecule has 17 heavy (non-hydrogen) atoms. The third-order valence-corrected chi connectivity index (χ3v) is 3.49. The molecule has 7 heteroatoms. The number of rotatable bonds is 6. The maximum atomic E-state index is 10.7. The topological polar surface area (TPSA) is 92.4 Å². The number of halogens is 1. The zero-order valence-corrected chi connectivity index (χ0v) is 11.6. The quantitative estimate of drug-likeness (QED) is 0.679. The summed E-state index contributed by atoms with van der Waals surface area (Å²) >= 11 is 3.31. The molecule has 1 aromatic carbocycles. The molecule has 0 aromatic heterocycles. The van der Waals surface area contributed by atoms with Crippen LogP contribution in [-0.2, 0) is 16.6 Å². The van der Waals surface area contributed by atoms with Gasteiger partial charge in [0.25, 0.3) is 0 Å². The van der Waals surface area contributed by atoms with Gasteiger partial charge in [0, 0.05) is 16.6 Å². The molecule has 0 radical (unpaired) electrons. The molecule has 0 fully saturated rings. The van der Waals surface area contributed by atoms with Gasteiger partial charge in [-0.25, -0.2) is 13.6 Å². The van der Waals surface area contributed by atoms with E-state index in [0.29, 0.717) is 19.5 Å². The molecule has 1 rings (SSSR count). The van der Waals surface area contributed by atoms with Crippen molar-refractivity contribution in [2.75, 3.05) is 12.3 Å². The lowest BCUT2D eigenvalue weighted by molar-refractivity contribution is 0.464. The Morgan fingerprint density at radius 3 is 2.76 bits per heavy atom. The van der Waals surface area contributed by atoms with Gasteiger partial charge in [0.15, 0.2) is 0 Å². The minimum atomic E-state index is -3.38. The van der Waals surface area contributed by atoms with Crippen molar-refractivity contribution in [3.63, 3.8) is 0 Å². The minimum Gasteiger partial charge on any atom is -0.508 e. The molecule has 0 aliphatic carbocycles. The van der Waals surface area contributed by atoms with Crippen LogP contribution < -0.4 is 10.5 Å². The summed E-state index contributed by atoms with van der Waals surface area (Å²) in [6.45, 7) is 1.01. The van der Waals surface area contributed by atoms with E-state index in [-0.39, 0.29) is 11.5 Å². The molecule has 0 saturated heterocycles. The smallest absolute Gasteiger partial charge is 0.209 e. The number of hydrogen-bond donors (Lipinski definition) is 3. The Morgan fingerprint density at radius 2 is 2.12 bits per heavy atom. The summed E-state index contributed by atoms with van der Waals surface area (Å²) in [6.07, 6.45) is 0.452. The van der Waals surface area contributed by atoms with E-state index in [4.69, 9.17) is 5.14 Å². The fourth-order valence-corrected chi connectivity index (χ4v) is 2.27. The van der Waals surface area contributed by atoms with E-state index >= 15 is 0 Å². The van der Waals surface area contributed by atoms with E-state index in [0.717, 1.165) is 10.0 Å². The average Bonchev–Trinajstić information content (AvgIpc) is 2.21. The van der Waals surface area contributed by atoms with Crippen LogP contribution in [0, 0.1) is 0 Å². The second kappa shape index (κ2) is 6.34. The first kappa shape index (κ1) is 14.4. The van der Waals surface area contributed by atoms with Crippen LogP contribution in [0.15, 0.2) is 22.7 Å². The van der Waals surface area contributed by atoms with Gasteiger partial charge in [-0.1, -0.05) is 15.9 Å². The van der Waals surface area contributed by atoms with Crippen molar-refractivity contribution in [3.05, 3.63) is 28.2 Å². The van der Waals surface area contributed by atoms with Gasteiger partial charge >= 0.3 is 0 Å². The molecule has 0 aliphatic rings. The number of nitrogens with one attached hydrogen (secondary N) is 1. The van der Waals surface area contributed by atoms with Gasteiger partial charge in [0.2, 0.25) is 10.0 Å². The Kier molecular flexibility index (Phi) is 5.38. The highest BCUT2D eigenvalue weighted by molar-refractivity contribution is 9.10. The van der Waals surface area contributed by atoms with Crippen LogP contribution in [0.3, 0.4) is 0 Å². The zero-order valence-electron chi connectivity index (χ0n) is 9.19. The summed E-state index contributed by atoms with van der Waals surface area (Å²) in [7, 11) is -3.38. The molecule has 0 heterocycles. The average molecular weight is 323 g/mol. The molecule has 1 aromatic rings. The highest BCUT2D eigenvalue weighted by Crippen LogP contribution is 2.21. The molecule has 0 bridgehead atoms. The Hall–Kier alpha value is -0.630. The molecular weight excluding hydrogens is 308 g/mol. The lowest BCUT2D eigenvalue weighted by Crippen LogP contribution is -2.22. The van der Waals surface area contributed by atoms with Crippen LogP contribution in [0.4, 0.5) is 0 Å². The summed E-state index contributed by atoms with van der Waals surface area (Å²) in [4.78, 5) is 0. The van der Waals surface area contributed by atoms with Crippen LogP contribution in [-0.4, -0.2) is 25.8 Å². The molecule has 0 amide bonds. The number of hydrogen-bond acceptors (Lipinski definition) is 4. The van der Waals surface area contributed by atoms with E-state index in [1.165, 1.54) is 0 Å². The number of sulfonamides is 1. The number of nitrogens with two attached hydrogens (primary N) is 1. The van der Waals surface area contributed by atoms with E-state index in [2.05, 4.69) is 21.2 Å². The van der Waals surface area contributed by atoms with Crippen molar-refractivity contribution < 1.29 is 13.5 Å². The zero-order chi connectivity index (χ0) is 12.9. The standard InChI is InChI=1S/C10H15BrN2O3S/c11-9-2-3-10(14)8(6-9)7-13-4-1-5-17(12,15)16/h2-3,6,13-14H,1,4-5,7H2,(H2,12,15,16). The van der Waals surface area contributed by atoms with Crippen LogP contribution >= 0.6 is 15.9 Å². The predicted molar refractivity (Wildman–Crippen MR) is 70.1 cm³/mol. The Bertz CT molecular complexity index is 476. The van der Waals surface area contributed by atoms with Crippen LogP contribution in [0.1, 0.15) is 12.0 Å². The lowest BCUT2D eigenvalue weighted by atomic mass is 10.2. The summed E-state index contributed by atoms with van der Waals surface area (Å²) in [5.41, 5.74) is 0.759. The molecule has 96 valence electrons. The van der Waals surface area contributed by atoms with E-state index in [1.807, 2.05) is 6.07 Å². The molecule has 5 nitrogen and oxygen atoms in total. The number of benzene rings is 1. The maximum Gasteiger partial charge on any atom is 0.209 e. The minimum absolute atomic E-state index is 0.0372. The fourth-order valence-electron chi connectivity index (χ4n) is 1.32. The van der Waals surface area contributed by atoms with E-state index in [1.54, 1.807) is 12.1 Å². The van der Waals surface area contributed by atoms with Gasteiger partial charge in [-0.05, 0) is 31.2 Å². The number of phenols is 1. The number of aromatic hydroxyl groups is 1. The molecule has 0 saturated carbocycles. The van der Waals surface area contributed by atoms with Gasteiger partial charge < -0.3 is 10.4 Å². The predicted octanol–water partition coefficient (Wildman–Crippen LogP) is 0.923. The first-order chi connectivity index (χ1) is 7.88. The van der Waals surface area contributed by atoms with Crippen molar-refractivity contribution in [3.8, 4) is 5.75 Å². The van der Waals surface area contributed by atoms with Gasteiger partial charge in [0.1, 0.15) is 5.75 Å². The summed E-state index contributed by atoms with van der Waals surface area (Å²) < 4.78 is 22.2. The third kappa shape index (κ3) is 6.02. The van der Waals surface area contributed by atoms with Crippen LogP contribution in [0.25, 0.3) is 0 Å². The first-order valence-corrected chi connectivity index (χ1v) is 7.58. The summed E-state index contributed by atoms with van der Waals surface area (Å²) in [5, 5.41) is 17.5. The van der Waals surface area contributed by atoms with Gasteiger partial charge in [-0.2, -0.15) is 0 Å². The van der Waals surface area contributed by atoms with Gasteiger partial charge in [-0.15, -0.1) is 0 Å². The molecule has 0 atom stereocenters. The number of phenolic OH excluding ortho intramolecular Hbond substituents is 1. The van der Waals surface area contributed by atoms with Crippen molar-refractivity contribution in [2.24, 2.45) is 5.14 Å². The Balaban J connectivity index is 2.34. The third-order valence-electron chi connectivity index (χ3n) is 2.14. The largest absolute Gasteiger partial charge is 0.508 e. The van der Waals surface area contributed by atoms with E-state index < -0.39 is 10.0 Å². The van der Waals surface area contributed by atoms with Crippen molar-refractivity contribution >= 4 is 26.0 Å². The highest BCUT2D eigenvalue weighted by atomic mass is 79.9. The molecule has 0 unspecified atom stereocenters. The second-order valence-corrected chi connectivity index (χ2v) is 6.32. The molecule has 0 aliphatic heterocycles. The normalized spacial score (nSPS) is 11.6. The highest BCUT2D eigenvalue weighted by Gasteiger charge is 2.03. The maximum absolute atomic E-state index is 10.7. The monoisotopic (exact) mass is 322 g/mol. The Morgan fingerprint density at radius 1 is 1.41 bits per heavy atom. The van der Waals surface area contributed by atoms with Crippen LogP contribution in [0.2, 0.25) is 0 Å². The Labute approximate surface area is 109 Å². The summed E-state index contributed by atoms with van der Waals surface area (Å²) in [5.74, 6) is 0.178. The fraction of sp³-hybridized carbons (Fsp3) is 0.400. The SMILES string of the molecule is NS(=O)(=O)CCCNCc1cc(Br)ccc1O. The molecule has 4 N–H and O–H groups in total.